The number of carbonyl (C=O) groups is 2. The van der Waals surface area contributed by atoms with Crippen LogP contribution in [-0.2, 0) is 9.59 Å². The standard InChI is InChI=1S/C16H24N2O2/c1-3-4-8-12(2)16(20)18-14(11-15(17)19)13-9-6-5-7-10-13/h5-7,9-10,12,14H,3-4,8,11H2,1-2H3,(H2,17,19)(H,18,20)/t12?,14-/m0/s1. The Morgan fingerprint density at radius 2 is 1.90 bits per heavy atom. The van der Waals surface area contributed by atoms with Crippen molar-refractivity contribution in [1.82, 2.24) is 5.32 Å². The minimum Gasteiger partial charge on any atom is -0.370 e. The zero-order chi connectivity index (χ0) is 15.0. The molecule has 20 heavy (non-hydrogen) atoms. The van der Waals surface area contributed by atoms with Crippen molar-refractivity contribution >= 4 is 11.8 Å². The minimum atomic E-state index is -0.416. The number of hydrogen-bond donors (Lipinski definition) is 2. The van der Waals surface area contributed by atoms with Gasteiger partial charge in [0.2, 0.25) is 11.8 Å². The molecule has 0 aliphatic heterocycles. The van der Waals surface area contributed by atoms with E-state index in [-0.39, 0.29) is 24.3 Å². The second kappa shape index (κ2) is 8.35. The molecule has 0 bridgehead atoms. The van der Waals surface area contributed by atoms with Crippen LogP contribution in [0, 0.1) is 5.92 Å². The van der Waals surface area contributed by atoms with Gasteiger partial charge in [-0.3, -0.25) is 9.59 Å². The number of nitrogens with one attached hydrogen (secondary N) is 1. The van der Waals surface area contributed by atoms with E-state index in [1.165, 1.54) is 0 Å². The van der Waals surface area contributed by atoms with E-state index < -0.39 is 5.91 Å². The molecule has 0 aromatic heterocycles. The summed E-state index contributed by atoms with van der Waals surface area (Å²) in [6.45, 7) is 4.02. The largest absolute Gasteiger partial charge is 0.370 e. The zero-order valence-corrected chi connectivity index (χ0v) is 12.3. The smallest absolute Gasteiger partial charge is 0.223 e. The normalized spacial score (nSPS) is 13.5. The summed E-state index contributed by atoms with van der Waals surface area (Å²) in [5.41, 5.74) is 6.18. The fraction of sp³-hybridized carbons (Fsp3) is 0.500. The van der Waals surface area contributed by atoms with Crippen molar-refractivity contribution in [3.63, 3.8) is 0 Å². The van der Waals surface area contributed by atoms with E-state index in [1.54, 1.807) is 0 Å². The van der Waals surface area contributed by atoms with Gasteiger partial charge in [0.15, 0.2) is 0 Å². The van der Waals surface area contributed by atoms with E-state index in [0.29, 0.717) is 0 Å². The Balaban J connectivity index is 2.70. The number of hydrogen-bond acceptors (Lipinski definition) is 2. The molecule has 0 spiro atoms. The highest BCUT2D eigenvalue weighted by molar-refractivity contribution is 5.80. The van der Waals surface area contributed by atoms with Crippen molar-refractivity contribution in [3.8, 4) is 0 Å². The summed E-state index contributed by atoms with van der Waals surface area (Å²) in [6, 6.07) is 9.11. The Morgan fingerprint density at radius 3 is 2.45 bits per heavy atom. The fourth-order valence-corrected chi connectivity index (χ4v) is 2.09. The van der Waals surface area contributed by atoms with E-state index in [1.807, 2.05) is 37.3 Å². The van der Waals surface area contributed by atoms with Crippen LogP contribution in [0.15, 0.2) is 30.3 Å². The van der Waals surface area contributed by atoms with Gasteiger partial charge in [-0.15, -0.1) is 0 Å². The molecule has 0 fully saturated rings. The van der Waals surface area contributed by atoms with E-state index in [0.717, 1.165) is 24.8 Å². The van der Waals surface area contributed by atoms with Gasteiger partial charge in [-0.05, 0) is 12.0 Å². The van der Waals surface area contributed by atoms with E-state index in [2.05, 4.69) is 12.2 Å². The van der Waals surface area contributed by atoms with Gasteiger partial charge in [0.05, 0.1) is 12.5 Å². The molecule has 0 heterocycles. The van der Waals surface area contributed by atoms with Crippen molar-refractivity contribution in [1.29, 1.82) is 0 Å². The molecule has 0 saturated heterocycles. The summed E-state index contributed by atoms with van der Waals surface area (Å²) in [5.74, 6) is -0.483. The number of benzene rings is 1. The number of amides is 2. The summed E-state index contributed by atoms with van der Waals surface area (Å²) in [5, 5.41) is 2.93. The Hall–Kier alpha value is -1.84. The number of primary amides is 1. The van der Waals surface area contributed by atoms with Gasteiger partial charge in [-0.25, -0.2) is 0 Å². The van der Waals surface area contributed by atoms with Crippen LogP contribution < -0.4 is 11.1 Å². The number of unbranched alkanes of at least 4 members (excludes halogenated alkanes) is 1. The van der Waals surface area contributed by atoms with E-state index in [9.17, 15) is 9.59 Å². The van der Waals surface area contributed by atoms with Gasteiger partial charge < -0.3 is 11.1 Å². The molecule has 1 rings (SSSR count). The topological polar surface area (TPSA) is 72.2 Å². The van der Waals surface area contributed by atoms with Gasteiger partial charge >= 0.3 is 0 Å². The highest BCUT2D eigenvalue weighted by atomic mass is 16.2. The van der Waals surface area contributed by atoms with Crippen LogP contribution >= 0.6 is 0 Å². The first-order chi connectivity index (χ1) is 9.54. The Bertz CT molecular complexity index is 431. The molecule has 1 aromatic rings. The zero-order valence-electron chi connectivity index (χ0n) is 12.3. The predicted octanol–water partition coefficient (Wildman–Crippen LogP) is 2.55. The van der Waals surface area contributed by atoms with Crippen LogP contribution in [0.25, 0.3) is 0 Å². The first kappa shape index (κ1) is 16.2. The SMILES string of the molecule is CCCCC(C)C(=O)N[C@@H](CC(N)=O)c1ccccc1. The van der Waals surface area contributed by atoms with Crippen molar-refractivity contribution < 1.29 is 9.59 Å². The molecule has 1 aromatic carbocycles. The van der Waals surface area contributed by atoms with Crippen molar-refractivity contribution in [2.24, 2.45) is 11.7 Å². The fourth-order valence-electron chi connectivity index (χ4n) is 2.09. The number of carbonyl (C=O) groups excluding carboxylic acids is 2. The number of nitrogens with two attached hydrogens (primary N) is 1. The summed E-state index contributed by atoms with van der Waals surface area (Å²) in [4.78, 5) is 23.3. The average molecular weight is 276 g/mol. The third-order valence-corrected chi connectivity index (χ3v) is 3.36. The lowest BCUT2D eigenvalue weighted by Crippen LogP contribution is -2.35. The average Bonchev–Trinajstić information content (AvgIpc) is 2.44. The molecular weight excluding hydrogens is 252 g/mol. The first-order valence-corrected chi connectivity index (χ1v) is 7.18. The molecule has 4 heteroatoms. The van der Waals surface area contributed by atoms with Crippen LogP contribution in [0.5, 0.6) is 0 Å². The van der Waals surface area contributed by atoms with Crippen LogP contribution in [-0.4, -0.2) is 11.8 Å². The highest BCUT2D eigenvalue weighted by Gasteiger charge is 2.20. The monoisotopic (exact) mass is 276 g/mol. The van der Waals surface area contributed by atoms with E-state index in [4.69, 9.17) is 5.73 Å². The molecule has 0 saturated carbocycles. The third kappa shape index (κ3) is 5.43. The predicted molar refractivity (Wildman–Crippen MR) is 79.8 cm³/mol. The molecule has 2 amide bonds. The van der Waals surface area contributed by atoms with Crippen LogP contribution in [0.3, 0.4) is 0 Å². The quantitative estimate of drug-likeness (QED) is 0.766. The van der Waals surface area contributed by atoms with Crippen molar-refractivity contribution in [2.45, 2.75) is 45.6 Å². The second-order valence-corrected chi connectivity index (χ2v) is 5.19. The molecule has 110 valence electrons. The Morgan fingerprint density at radius 1 is 1.25 bits per heavy atom. The lowest BCUT2D eigenvalue weighted by atomic mass is 10.00. The van der Waals surface area contributed by atoms with Crippen molar-refractivity contribution in [3.05, 3.63) is 35.9 Å². The molecule has 1 unspecified atom stereocenters. The molecule has 0 radical (unpaired) electrons. The Labute approximate surface area is 120 Å². The van der Waals surface area contributed by atoms with Gasteiger partial charge in [-0.1, -0.05) is 57.0 Å². The summed E-state index contributed by atoms with van der Waals surface area (Å²) >= 11 is 0. The molecule has 0 aliphatic rings. The van der Waals surface area contributed by atoms with Crippen LogP contribution in [0.2, 0.25) is 0 Å². The first-order valence-electron chi connectivity index (χ1n) is 7.18. The molecule has 4 nitrogen and oxygen atoms in total. The maximum absolute atomic E-state index is 12.2. The Kier molecular flexibility index (Phi) is 6.77. The highest BCUT2D eigenvalue weighted by Crippen LogP contribution is 2.18. The lowest BCUT2D eigenvalue weighted by molar-refractivity contribution is -0.126. The molecule has 3 N–H and O–H groups in total. The van der Waals surface area contributed by atoms with Crippen LogP contribution in [0.4, 0.5) is 0 Å². The van der Waals surface area contributed by atoms with Crippen molar-refractivity contribution in [2.75, 3.05) is 0 Å². The van der Waals surface area contributed by atoms with Gasteiger partial charge in [0, 0.05) is 5.92 Å². The third-order valence-electron chi connectivity index (χ3n) is 3.36. The molecular formula is C16H24N2O2. The molecule has 2 atom stereocenters. The molecule has 0 aliphatic carbocycles. The van der Waals surface area contributed by atoms with Gasteiger partial charge in [0.25, 0.3) is 0 Å². The van der Waals surface area contributed by atoms with Gasteiger partial charge in [0.1, 0.15) is 0 Å². The second-order valence-electron chi connectivity index (χ2n) is 5.19. The van der Waals surface area contributed by atoms with Gasteiger partial charge in [-0.2, -0.15) is 0 Å². The maximum atomic E-state index is 12.2. The summed E-state index contributed by atoms with van der Waals surface area (Å²) in [7, 11) is 0. The summed E-state index contributed by atoms with van der Waals surface area (Å²) in [6.07, 6.45) is 3.08. The maximum Gasteiger partial charge on any atom is 0.223 e. The minimum absolute atomic E-state index is 0.0199. The van der Waals surface area contributed by atoms with E-state index >= 15 is 0 Å². The lowest BCUT2D eigenvalue weighted by Gasteiger charge is -2.20. The summed E-state index contributed by atoms with van der Waals surface area (Å²) < 4.78 is 0. The number of rotatable bonds is 8. The van der Waals surface area contributed by atoms with Crippen LogP contribution in [0.1, 0.15) is 51.1 Å².